The molecule has 3 heteroatoms. The van der Waals surface area contributed by atoms with Crippen LogP contribution in [-0.2, 0) is 9.53 Å². The number of cyclic esters (lactones) is 1. The van der Waals surface area contributed by atoms with Gasteiger partial charge in [-0.25, -0.2) is 0 Å². The lowest BCUT2D eigenvalue weighted by molar-refractivity contribution is -0.143. The van der Waals surface area contributed by atoms with E-state index in [-0.39, 0.29) is 5.97 Å². The molecular formula is C18H34O2S. The van der Waals surface area contributed by atoms with Crippen LogP contribution in [0.25, 0.3) is 0 Å². The van der Waals surface area contributed by atoms with Crippen molar-refractivity contribution in [2.45, 2.75) is 95.6 Å². The van der Waals surface area contributed by atoms with Crippen LogP contribution in [0.1, 0.15) is 90.4 Å². The maximum atomic E-state index is 11.6. The minimum absolute atomic E-state index is 0.00761. The van der Waals surface area contributed by atoms with E-state index in [0.717, 1.165) is 19.3 Å². The van der Waals surface area contributed by atoms with Gasteiger partial charge in [0.15, 0.2) is 0 Å². The number of hydrogen-bond donors (Lipinski definition) is 0. The summed E-state index contributed by atoms with van der Waals surface area (Å²) in [6.07, 6.45) is 16.0. The average molecular weight is 315 g/mol. The topological polar surface area (TPSA) is 26.3 Å². The van der Waals surface area contributed by atoms with E-state index < -0.39 is 0 Å². The van der Waals surface area contributed by atoms with Gasteiger partial charge in [-0.05, 0) is 31.4 Å². The second-order valence-electron chi connectivity index (χ2n) is 6.33. The van der Waals surface area contributed by atoms with Crippen LogP contribution in [0.2, 0.25) is 0 Å². The predicted octanol–water partition coefficient (Wildman–Crippen LogP) is 5.74. The summed E-state index contributed by atoms with van der Waals surface area (Å²) in [5.41, 5.74) is 0. The van der Waals surface area contributed by atoms with Crippen LogP contribution in [-0.4, -0.2) is 23.6 Å². The Bertz CT molecular complexity index is 256. The van der Waals surface area contributed by atoms with Crippen molar-refractivity contribution in [1.82, 2.24) is 0 Å². The molecule has 0 N–H and O–H groups in total. The van der Waals surface area contributed by atoms with Crippen LogP contribution in [0, 0.1) is 0 Å². The van der Waals surface area contributed by atoms with E-state index in [1.165, 1.54) is 63.5 Å². The van der Waals surface area contributed by atoms with Crippen molar-refractivity contribution in [3.05, 3.63) is 0 Å². The quantitative estimate of drug-likeness (QED) is 0.534. The lowest BCUT2D eigenvalue weighted by Crippen LogP contribution is -2.07. The Morgan fingerprint density at radius 3 is 2.10 bits per heavy atom. The molecule has 1 aliphatic rings. The molecule has 1 aliphatic heterocycles. The summed E-state index contributed by atoms with van der Waals surface area (Å²) in [5, 5.41) is 0.700. The summed E-state index contributed by atoms with van der Waals surface area (Å²) in [6.45, 7) is 2.92. The molecule has 0 aliphatic carbocycles. The van der Waals surface area contributed by atoms with Crippen molar-refractivity contribution in [2.75, 3.05) is 12.4 Å². The van der Waals surface area contributed by atoms with E-state index in [0.29, 0.717) is 18.3 Å². The van der Waals surface area contributed by atoms with Gasteiger partial charge in [-0.15, -0.1) is 0 Å². The molecule has 1 rings (SSSR count). The minimum Gasteiger partial charge on any atom is -0.466 e. The van der Waals surface area contributed by atoms with Crippen molar-refractivity contribution in [3.8, 4) is 0 Å². The summed E-state index contributed by atoms with van der Waals surface area (Å²) in [7, 11) is 0. The fraction of sp³-hybridized carbons (Fsp3) is 0.944. The van der Waals surface area contributed by atoms with E-state index in [2.05, 4.69) is 18.7 Å². The molecule has 0 amide bonds. The standard InChI is InChI=1S/C18H34O2S/c1-17-13-12-15-20-18(19)14-10-8-6-4-2-3-5-7-9-11-16-21-17/h17H,2-16H2,1H3. The van der Waals surface area contributed by atoms with Crippen LogP contribution in [0.3, 0.4) is 0 Å². The maximum absolute atomic E-state index is 11.6. The van der Waals surface area contributed by atoms with Gasteiger partial charge in [0.2, 0.25) is 0 Å². The summed E-state index contributed by atoms with van der Waals surface area (Å²) < 4.78 is 5.31. The number of esters is 1. The molecule has 1 heterocycles. The Balaban J connectivity index is 2.18. The van der Waals surface area contributed by atoms with Crippen molar-refractivity contribution < 1.29 is 9.53 Å². The van der Waals surface area contributed by atoms with E-state index in [4.69, 9.17) is 4.74 Å². The van der Waals surface area contributed by atoms with Crippen molar-refractivity contribution >= 4 is 17.7 Å². The Morgan fingerprint density at radius 2 is 1.43 bits per heavy atom. The smallest absolute Gasteiger partial charge is 0.305 e. The molecule has 124 valence electrons. The van der Waals surface area contributed by atoms with Crippen LogP contribution in [0.5, 0.6) is 0 Å². The molecule has 1 fully saturated rings. The van der Waals surface area contributed by atoms with Gasteiger partial charge in [-0.1, -0.05) is 58.3 Å². The van der Waals surface area contributed by atoms with Crippen molar-refractivity contribution in [3.63, 3.8) is 0 Å². The molecule has 2 nitrogen and oxygen atoms in total. The van der Waals surface area contributed by atoms with Gasteiger partial charge in [-0.3, -0.25) is 4.79 Å². The number of carbonyl (C=O) groups is 1. The van der Waals surface area contributed by atoms with E-state index in [9.17, 15) is 4.79 Å². The first-order valence-corrected chi connectivity index (χ1v) is 10.1. The number of thioether (sulfide) groups is 1. The molecule has 1 atom stereocenters. The van der Waals surface area contributed by atoms with Gasteiger partial charge >= 0.3 is 5.97 Å². The third-order valence-corrected chi connectivity index (χ3v) is 5.52. The number of rotatable bonds is 0. The lowest BCUT2D eigenvalue weighted by atomic mass is 10.1. The van der Waals surface area contributed by atoms with Crippen LogP contribution in [0.4, 0.5) is 0 Å². The van der Waals surface area contributed by atoms with E-state index >= 15 is 0 Å². The molecule has 1 saturated heterocycles. The highest BCUT2D eigenvalue weighted by molar-refractivity contribution is 7.99. The van der Waals surface area contributed by atoms with Crippen LogP contribution < -0.4 is 0 Å². The zero-order chi connectivity index (χ0) is 15.2. The monoisotopic (exact) mass is 314 g/mol. The first-order chi connectivity index (χ1) is 10.3. The Kier molecular flexibility index (Phi) is 12.1. The van der Waals surface area contributed by atoms with Gasteiger partial charge < -0.3 is 4.74 Å². The molecule has 0 aromatic heterocycles. The van der Waals surface area contributed by atoms with Gasteiger partial charge in [0.05, 0.1) is 6.61 Å². The summed E-state index contributed by atoms with van der Waals surface area (Å²) in [4.78, 5) is 11.6. The molecule has 0 bridgehead atoms. The maximum Gasteiger partial charge on any atom is 0.305 e. The van der Waals surface area contributed by atoms with Gasteiger partial charge in [0.1, 0.15) is 0 Å². The minimum atomic E-state index is 0.00761. The first-order valence-electron chi connectivity index (χ1n) is 9.06. The second kappa shape index (κ2) is 13.5. The number of ether oxygens (including phenoxy) is 1. The number of hydrogen-bond acceptors (Lipinski definition) is 3. The largest absolute Gasteiger partial charge is 0.466 e. The SMILES string of the molecule is CC1CCCOC(=O)CCCCCCCCCCCCS1. The molecule has 0 saturated carbocycles. The molecule has 0 aromatic carbocycles. The zero-order valence-corrected chi connectivity index (χ0v) is 14.7. The summed E-state index contributed by atoms with van der Waals surface area (Å²) in [5.74, 6) is 1.30. The highest BCUT2D eigenvalue weighted by Gasteiger charge is 2.06. The summed E-state index contributed by atoms with van der Waals surface area (Å²) >= 11 is 2.08. The Morgan fingerprint density at radius 1 is 0.857 bits per heavy atom. The highest BCUT2D eigenvalue weighted by Crippen LogP contribution is 2.19. The average Bonchev–Trinajstić information content (AvgIpc) is 2.47. The molecule has 0 spiro atoms. The fourth-order valence-electron chi connectivity index (χ4n) is 2.78. The fourth-order valence-corrected chi connectivity index (χ4v) is 3.89. The second-order valence-corrected chi connectivity index (χ2v) is 7.88. The van der Waals surface area contributed by atoms with Crippen LogP contribution in [0.15, 0.2) is 0 Å². The molecular weight excluding hydrogens is 280 g/mol. The number of carbonyl (C=O) groups excluding carboxylic acids is 1. The highest BCUT2D eigenvalue weighted by atomic mass is 32.2. The summed E-state index contributed by atoms with van der Waals surface area (Å²) in [6, 6.07) is 0. The van der Waals surface area contributed by atoms with Gasteiger partial charge in [-0.2, -0.15) is 11.8 Å². The third kappa shape index (κ3) is 12.1. The predicted molar refractivity (Wildman–Crippen MR) is 92.9 cm³/mol. The van der Waals surface area contributed by atoms with Crippen molar-refractivity contribution in [1.29, 1.82) is 0 Å². The molecule has 1 unspecified atom stereocenters. The van der Waals surface area contributed by atoms with E-state index in [1.54, 1.807) is 0 Å². The first kappa shape index (κ1) is 18.9. The van der Waals surface area contributed by atoms with Gasteiger partial charge in [0, 0.05) is 11.7 Å². The third-order valence-electron chi connectivity index (χ3n) is 4.20. The lowest BCUT2D eigenvalue weighted by Gasteiger charge is -2.11. The van der Waals surface area contributed by atoms with E-state index in [1.807, 2.05) is 0 Å². The normalized spacial score (nSPS) is 26.1. The molecule has 0 aromatic rings. The molecule has 0 radical (unpaired) electrons. The molecule has 21 heavy (non-hydrogen) atoms. The van der Waals surface area contributed by atoms with Crippen molar-refractivity contribution in [2.24, 2.45) is 0 Å². The Labute approximate surface area is 135 Å². The van der Waals surface area contributed by atoms with Gasteiger partial charge in [0.25, 0.3) is 0 Å². The van der Waals surface area contributed by atoms with Crippen LogP contribution >= 0.6 is 11.8 Å². The zero-order valence-electron chi connectivity index (χ0n) is 13.9. The Hall–Kier alpha value is -0.180.